The quantitative estimate of drug-likeness (QED) is 0.674. The molecule has 0 amide bonds. The molecule has 0 bridgehead atoms. The Morgan fingerprint density at radius 3 is 2.67 bits per heavy atom. The van der Waals surface area contributed by atoms with E-state index in [1.807, 2.05) is 25.1 Å². The predicted octanol–water partition coefficient (Wildman–Crippen LogP) is 3.66. The monoisotopic (exact) mass is 290 g/mol. The van der Waals surface area contributed by atoms with Crippen molar-refractivity contribution in [3.63, 3.8) is 0 Å². The number of nitro groups is 1. The fourth-order valence-electron chi connectivity index (χ4n) is 2.01. The highest BCUT2D eigenvalue weighted by atomic mass is 19.1. The van der Waals surface area contributed by atoms with Crippen LogP contribution in [-0.2, 0) is 6.54 Å². The minimum Gasteiger partial charge on any atom is -0.496 e. The van der Waals surface area contributed by atoms with Crippen molar-refractivity contribution < 1.29 is 14.1 Å². The molecule has 0 aromatic heterocycles. The minimum atomic E-state index is -0.860. The maximum atomic E-state index is 13.5. The molecule has 0 spiro atoms. The summed E-state index contributed by atoms with van der Waals surface area (Å²) in [5, 5.41) is 13.6. The highest BCUT2D eigenvalue weighted by Gasteiger charge is 2.13. The Morgan fingerprint density at radius 1 is 1.29 bits per heavy atom. The zero-order valence-electron chi connectivity index (χ0n) is 11.7. The predicted molar refractivity (Wildman–Crippen MR) is 78.1 cm³/mol. The number of methoxy groups -OCH3 is 1. The van der Waals surface area contributed by atoms with Crippen molar-refractivity contribution in [1.29, 1.82) is 0 Å². The van der Waals surface area contributed by atoms with Crippen LogP contribution < -0.4 is 10.1 Å². The van der Waals surface area contributed by atoms with Crippen LogP contribution in [0.1, 0.15) is 11.1 Å². The summed E-state index contributed by atoms with van der Waals surface area (Å²) in [4.78, 5) is 9.81. The molecule has 0 atom stereocenters. The summed E-state index contributed by atoms with van der Waals surface area (Å²) in [5.41, 5.74) is 1.95. The van der Waals surface area contributed by atoms with Crippen molar-refractivity contribution in [1.82, 2.24) is 0 Å². The molecule has 0 radical (unpaired) electrons. The van der Waals surface area contributed by atoms with E-state index in [-0.39, 0.29) is 0 Å². The lowest BCUT2D eigenvalue weighted by atomic mass is 10.1. The molecule has 2 aromatic carbocycles. The number of hydrogen-bond donors (Lipinski definition) is 1. The van der Waals surface area contributed by atoms with Gasteiger partial charge in [-0.25, -0.2) is 0 Å². The van der Waals surface area contributed by atoms with Gasteiger partial charge in [0.2, 0.25) is 5.82 Å². The van der Waals surface area contributed by atoms with Gasteiger partial charge in [-0.2, -0.15) is 4.39 Å². The molecule has 0 aliphatic rings. The van der Waals surface area contributed by atoms with E-state index in [0.717, 1.165) is 29.0 Å². The molecule has 6 heteroatoms. The van der Waals surface area contributed by atoms with Crippen LogP contribution >= 0.6 is 0 Å². The molecule has 110 valence electrons. The maximum absolute atomic E-state index is 13.5. The molecular formula is C15H15FN2O3. The number of hydrogen-bond acceptors (Lipinski definition) is 4. The number of anilines is 1. The second-order valence-electron chi connectivity index (χ2n) is 4.59. The summed E-state index contributed by atoms with van der Waals surface area (Å²) >= 11 is 0. The Hall–Kier alpha value is -2.63. The lowest BCUT2D eigenvalue weighted by Crippen LogP contribution is -2.03. The van der Waals surface area contributed by atoms with Crippen LogP contribution in [0, 0.1) is 22.9 Å². The largest absolute Gasteiger partial charge is 0.496 e. The van der Waals surface area contributed by atoms with Gasteiger partial charge in [0, 0.05) is 29.9 Å². The van der Waals surface area contributed by atoms with E-state index < -0.39 is 16.4 Å². The van der Waals surface area contributed by atoms with Crippen LogP contribution in [-0.4, -0.2) is 12.0 Å². The molecule has 5 nitrogen and oxygen atoms in total. The molecular weight excluding hydrogens is 275 g/mol. The number of nitro benzene ring substituents is 1. The van der Waals surface area contributed by atoms with Crippen molar-refractivity contribution in [2.75, 3.05) is 12.4 Å². The average Bonchev–Trinajstić information content (AvgIpc) is 2.45. The van der Waals surface area contributed by atoms with Gasteiger partial charge in [0.05, 0.1) is 12.0 Å². The number of nitrogens with one attached hydrogen (secondary N) is 1. The van der Waals surface area contributed by atoms with Crippen molar-refractivity contribution in [2.24, 2.45) is 0 Å². The summed E-state index contributed by atoms with van der Waals surface area (Å²) < 4.78 is 18.8. The first-order valence-corrected chi connectivity index (χ1v) is 6.32. The Bertz CT molecular complexity index is 674. The lowest BCUT2D eigenvalue weighted by molar-refractivity contribution is -0.387. The zero-order chi connectivity index (χ0) is 15.4. The Kier molecular flexibility index (Phi) is 4.37. The van der Waals surface area contributed by atoms with E-state index in [1.165, 1.54) is 6.07 Å². The first-order valence-electron chi connectivity index (χ1n) is 6.32. The average molecular weight is 290 g/mol. The Labute approximate surface area is 121 Å². The number of nitrogens with zero attached hydrogens (tertiary/aromatic N) is 1. The van der Waals surface area contributed by atoms with Gasteiger partial charge < -0.3 is 10.1 Å². The minimum absolute atomic E-state index is 0.433. The first kappa shape index (κ1) is 14.8. The van der Waals surface area contributed by atoms with Gasteiger partial charge in [-0.05, 0) is 19.1 Å². The van der Waals surface area contributed by atoms with E-state index in [1.54, 1.807) is 7.11 Å². The fraction of sp³-hybridized carbons (Fsp3) is 0.200. The Balaban J connectivity index is 2.15. The summed E-state index contributed by atoms with van der Waals surface area (Å²) in [5.74, 6) is -0.128. The van der Waals surface area contributed by atoms with E-state index in [0.29, 0.717) is 12.2 Å². The summed E-state index contributed by atoms with van der Waals surface area (Å²) in [6.45, 7) is 2.40. The van der Waals surface area contributed by atoms with Gasteiger partial charge in [0.15, 0.2) is 0 Å². The molecule has 0 aliphatic heterocycles. The van der Waals surface area contributed by atoms with Gasteiger partial charge >= 0.3 is 5.69 Å². The zero-order valence-corrected chi connectivity index (χ0v) is 11.7. The third-order valence-electron chi connectivity index (χ3n) is 3.06. The van der Waals surface area contributed by atoms with Crippen LogP contribution in [0.2, 0.25) is 0 Å². The highest BCUT2D eigenvalue weighted by Crippen LogP contribution is 2.23. The van der Waals surface area contributed by atoms with Crippen LogP contribution in [0.5, 0.6) is 5.75 Å². The number of ether oxygens (including phenoxy) is 1. The SMILES string of the molecule is COc1ccc(C)cc1CNc1ccc([N+](=O)[O-])c(F)c1. The topological polar surface area (TPSA) is 64.4 Å². The second kappa shape index (κ2) is 6.21. The van der Waals surface area contributed by atoms with Crippen LogP contribution in [0.3, 0.4) is 0 Å². The van der Waals surface area contributed by atoms with Gasteiger partial charge in [-0.3, -0.25) is 10.1 Å². The molecule has 21 heavy (non-hydrogen) atoms. The van der Waals surface area contributed by atoms with Crippen LogP contribution in [0.25, 0.3) is 0 Å². The molecule has 0 saturated heterocycles. The third kappa shape index (κ3) is 3.47. The van der Waals surface area contributed by atoms with E-state index in [9.17, 15) is 14.5 Å². The van der Waals surface area contributed by atoms with Crippen molar-refractivity contribution in [2.45, 2.75) is 13.5 Å². The number of rotatable bonds is 5. The van der Waals surface area contributed by atoms with Gasteiger partial charge in [0.25, 0.3) is 0 Å². The molecule has 2 rings (SSSR count). The van der Waals surface area contributed by atoms with Crippen molar-refractivity contribution >= 4 is 11.4 Å². The molecule has 2 aromatic rings. The van der Waals surface area contributed by atoms with Crippen LogP contribution in [0.15, 0.2) is 36.4 Å². The Morgan fingerprint density at radius 2 is 2.05 bits per heavy atom. The van der Waals surface area contributed by atoms with Gasteiger partial charge in [-0.1, -0.05) is 17.7 Å². The highest BCUT2D eigenvalue weighted by molar-refractivity contribution is 5.50. The number of halogens is 1. The summed E-state index contributed by atoms with van der Waals surface area (Å²) in [6, 6.07) is 9.50. The van der Waals surface area contributed by atoms with Crippen molar-refractivity contribution in [3.05, 3.63) is 63.5 Å². The smallest absolute Gasteiger partial charge is 0.304 e. The van der Waals surface area contributed by atoms with E-state index in [4.69, 9.17) is 4.74 Å². The van der Waals surface area contributed by atoms with Gasteiger partial charge in [0.1, 0.15) is 5.75 Å². The second-order valence-corrected chi connectivity index (χ2v) is 4.59. The first-order chi connectivity index (χ1) is 10.0. The normalized spacial score (nSPS) is 10.2. The molecule has 0 aliphatic carbocycles. The van der Waals surface area contributed by atoms with Crippen molar-refractivity contribution in [3.8, 4) is 5.75 Å². The molecule has 0 unspecified atom stereocenters. The molecule has 1 N–H and O–H groups in total. The number of aryl methyl sites for hydroxylation is 1. The fourth-order valence-corrected chi connectivity index (χ4v) is 2.01. The summed E-state index contributed by atoms with van der Waals surface area (Å²) in [7, 11) is 1.58. The molecule has 0 fully saturated rings. The summed E-state index contributed by atoms with van der Waals surface area (Å²) in [6.07, 6.45) is 0. The third-order valence-corrected chi connectivity index (χ3v) is 3.06. The van der Waals surface area contributed by atoms with E-state index >= 15 is 0 Å². The maximum Gasteiger partial charge on any atom is 0.304 e. The number of benzene rings is 2. The lowest BCUT2D eigenvalue weighted by Gasteiger charge is -2.11. The van der Waals surface area contributed by atoms with E-state index in [2.05, 4.69) is 5.32 Å². The van der Waals surface area contributed by atoms with Crippen LogP contribution in [0.4, 0.5) is 15.8 Å². The molecule has 0 heterocycles. The molecule has 0 saturated carbocycles. The standard InChI is InChI=1S/C15H15FN2O3/c1-10-3-6-15(21-2)11(7-10)9-17-12-4-5-14(18(19)20)13(16)8-12/h3-8,17H,9H2,1-2H3. The van der Waals surface area contributed by atoms with Gasteiger partial charge in [-0.15, -0.1) is 0 Å².